The van der Waals surface area contributed by atoms with E-state index >= 15 is 0 Å². The van der Waals surface area contributed by atoms with Crippen LogP contribution in [-0.2, 0) is 48.2 Å². The Balaban J connectivity index is 1.38. The second-order valence-electron chi connectivity index (χ2n) is 10.5. The van der Waals surface area contributed by atoms with E-state index in [-0.39, 0.29) is 26.4 Å². The van der Waals surface area contributed by atoms with E-state index in [1.807, 2.05) is 84.9 Å². The Morgan fingerprint density at radius 2 is 1.17 bits per heavy atom. The monoisotopic (exact) mass is 648 g/mol. The van der Waals surface area contributed by atoms with Crippen molar-refractivity contribution in [3.8, 4) is 11.5 Å². The van der Waals surface area contributed by atoms with Gasteiger partial charge in [-0.3, -0.25) is 0 Å². The molecule has 0 saturated carbocycles. The molecule has 0 radical (unpaired) electrons. The number of rotatable bonds is 14. The molecule has 1 fully saturated rings. The minimum Gasteiger partial charge on any atom is -0.497 e. The summed E-state index contributed by atoms with van der Waals surface area (Å²) in [6, 6.07) is 33.5. The van der Waals surface area contributed by atoms with E-state index < -0.39 is 36.9 Å². The third-order valence-electron chi connectivity index (χ3n) is 7.38. The zero-order chi connectivity index (χ0) is 32.1. The van der Waals surface area contributed by atoms with Crippen molar-refractivity contribution in [2.45, 2.75) is 50.5 Å². The SMILES string of the molecule is COc1ccc(CO[C@H]2[C@H](OC)O[C@H](COC(=O)Oc3ccc(Cl)cc3)[C@@H](OCc3ccccc3)[C@@H]2OCc2ccccc2)cc1. The van der Waals surface area contributed by atoms with Gasteiger partial charge >= 0.3 is 6.16 Å². The first-order chi connectivity index (χ1) is 22.5. The number of hydrogen-bond acceptors (Lipinski definition) is 9. The maximum absolute atomic E-state index is 12.7. The molecule has 0 unspecified atom stereocenters. The third kappa shape index (κ3) is 9.53. The molecule has 1 heterocycles. The van der Waals surface area contributed by atoms with Crippen molar-refractivity contribution in [3.63, 3.8) is 0 Å². The fourth-order valence-electron chi connectivity index (χ4n) is 5.00. The number of halogens is 1. The summed E-state index contributed by atoms with van der Waals surface area (Å²) in [4.78, 5) is 12.7. The molecule has 4 aromatic carbocycles. The number of hydrogen-bond donors (Lipinski definition) is 0. The van der Waals surface area contributed by atoms with Crippen molar-refractivity contribution in [1.82, 2.24) is 0 Å². The molecule has 46 heavy (non-hydrogen) atoms. The second-order valence-corrected chi connectivity index (χ2v) is 11.0. The quantitative estimate of drug-likeness (QED) is 0.106. The summed E-state index contributed by atoms with van der Waals surface area (Å²) in [5.74, 6) is 1.04. The summed E-state index contributed by atoms with van der Waals surface area (Å²) < 4.78 is 47.8. The van der Waals surface area contributed by atoms with Crippen molar-refractivity contribution in [2.24, 2.45) is 0 Å². The third-order valence-corrected chi connectivity index (χ3v) is 7.63. The lowest BCUT2D eigenvalue weighted by Crippen LogP contribution is -2.61. The molecule has 0 amide bonds. The summed E-state index contributed by atoms with van der Waals surface area (Å²) in [7, 11) is 3.15. The van der Waals surface area contributed by atoms with Gasteiger partial charge in [0.2, 0.25) is 0 Å². The smallest absolute Gasteiger partial charge is 0.497 e. The van der Waals surface area contributed by atoms with Crippen LogP contribution in [0.2, 0.25) is 5.02 Å². The molecule has 242 valence electrons. The number of ether oxygens (including phenoxy) is 8. The van der Waals surface area contributed by atoms with Crippen molar-refractivity contribution < 1.29 is 42.7 Å². The van der Waals surface area contributed by atoms with Gasteiger partial charge in [0.05, 0.1) is 26.9 Å². The Labute approximate surface area is 273 Å². The highest BCUT2D eigenvalue weighted by Gasteiger charge is 2.49. The largest absolute Gasteiger partial charge is 0.513 e. The van der Waals surface area contributed by atoms with Crippen molar-refractivity contribution >= 4 is 17.8 Å². The van der Waals surface area contributed by atoms with Gasteiger partial charge < -0.3 is 37.9 Å². The molecule has 0 N–H and O–H groups in total. The lowest BCUT2D eigenvalue weighted by Gasteiger charge is -2.45. The van der Waals surface area contributed by atoms with E-state index in [1.54, 1.807) is 31.4 Å². The van der Waals surface area contributed by atoms with Crippen molar-refractivity contribution in [1.29, 1.82) is 0 Å². The minimum absolute atomic E-state index is 0.192. The fourth-order valence-corrected chi connectivity index (χ4v) is 5.12. The molecule has 5 rings (SSSR count). The standard InChI is InChI=1S/C36H37ClO9/c1-39-29-17-13-27(14-18-29)23-43-34-33(42-22-26-11-7-4-8-12-26)32(41-21-25-9-5-3-6-10-25)31(46-35(34)40-2)24-44-36(38)45-30-19-15-28(37)16-20-30/h3-20,31-35H,21-24H2,1-2H3/t31-,32-,33+,34-,35-/m1/s1. The minimum atomic E-state index is -0.902. The van der Waals surface area contributed by atoms with Gasteiger partial charge in [-0.15, -0.1) is 0 Å². The Hall–Kier alpha value is -3.96. The van der Waals surface area contributed by atoms with E-state index in [0.717, 1.165) is 22.4 Å². The Morgan fingerprint density at radius 3 is 1.74 bits per heavy atom. The van der Waals surface area contributed by atoms with Crippen LogP contribution in [0.3, 0.4) is 0 Å². The topological polar surface area (TPSA) is 90.9 Å². The number of benzene rings is 4. The van der Waals surface area contributed by atoms with Crippen LogP contribution >= 0.6 is 11.6 Å². The van der Waals surface area contributed by atoms with E-state index in [0.29, 0.717) is 10.8 Å². The van der Waals surface area contributed by atoms with Crippen LogP contribution in [0.25, 0.3) is 0 Å². The molecule has 0 spiro atoms. The van der Waals surface area contributed by atoms with Gasteiger partial charge in [0, 0.05) is 12.1 Å². The average Bonchev–Trinajstić information content (AvgIpc) is 3.10. The summed E-state index contributed by atoms with van der Waals surface area (Å²) in [6.07, 6.45) is -4.65. The summed E-state index contributed by atoms with van der Waals surface area (Å²) in [5.41, 5.74) is 2.85. The Morgan fingerprint density at radius 1 is 0.652 bits per heavy atom. The molecule has 0 aliphatic carbocycles. The molecule has 1 aliphatic heterocycles. The van der Waals surface area contributed by atoms with Crippen LogP contribution in [0.1, 0.15) is 16.7 Å². The highest BCUT2D eigenvalue weighted by molar-refractivity contribution is 6.30. The van der Waals surface area contributed by atoms with Gasteiger partial charge in [0.1, 0.15) is 42.5 Å². The zero-order valence-electron chi connectivity index (χ0n) is 25.7. The molecule has 4 aromatic rings. The highest BCUT2D eigenvalue weighted by Crippen LogP contribution is 2.31. The summed E-state index contributed by atoms with van der Waals surface area (Å²) >= 11 is 5.95. The first-order valence-electron chi connectivity index (χ1n) is 14.9. The van der Waals surface area contributed by atoms with Gasteiger partial charge in [-0.25, -0.2) is 4.79 Å². The summed E-state index contributed by atoms with van der Waals surface area (Å²) in [5, 5.41) is 0.519. The van der Waals surface area contributed by atoms with Crippen LogP contribution < -0.4 is 9.47 Å². The molecule has 0 aromatic heterocycles. The lowest BCUT2D eigenvalue weighted by atomic mass is 9.98. The predicted molar refractivity (Wildman–Crippen MR) is 171 cm³/mol. The normalized spacial score (nSPS) is 21.0. The molecular formula is C36H37ClO9. The Kier molecular flexibility index (Phi) is 12.4. The van der Waals surface area contributed by atoms with Crippen LogP contribution in [0.5, 0.6) is 11.5 Å². The number of carbonyl (C=O) groups is 1. The van der Waals surface area contributed by atoms with Crippen LogP contribution in [-0.4, -0.2) is 57.7 Å². The van der Waals surface area contributed by atoms with E-state index in [1.165, 1.54) is 7.11 Å². The number of methoxy groups -OCH3 is 2. The van der Waals surface area contributed by atoms with Gasteiger partial charge in [0.15, 0.2) is 6.29 Å². The molecule has 1 aliphatic rings. The second kappa shape index (κ2) is 17.1. The highest BCUT2D eigenvalue weighted by atomic mass is 35.5. The number of carbonyl (C=O) groups excluding carboxylic acids is 1. The molecule has 9 nitrogen and oxygen atoms in total. The molecule has 1 saturated heterocycles. The maximum atomic E-state index is 12.7. The first-order valence-corrected chi connectivity index (χ1v) is 15.2. The molecule has 5 atom stereocenters. The van der Waals surface area contributed by atoms with Crippen LogP contribution in [0.15, 0.2) is 109 Å². The van der Waals surface area contributed by atoms with Crippen LogP contribution in [0.4, 0.5) is 4.79 Å². The van der Waals surface area contributed by atoms with Gasteiger partial charge in [-0.1, -0.05) is 84.4 Å². The fraction of sp³-hybridized carbons (Fsp3) is 0.306. The zero-order valence-corrected chi connectivity index (χ0v) is 26.4. The molecular weight excluding hydrogens is 612 g/mol. The van der Waals surface area contributed by atoms with Gasteiger partial charge in [-0.2, -0.15) is 0 Å². The van der Waals surface area contributed by atoms with Crippen molar-refractivity contribution in [2.75, 3.05) is 20.8 Å². The maximum Gasteiger partial charge on any atom is 0.513 e. The van der Waals surface area contributed by atoms with Crippen molar-refractivity contribution in [3.05, 3.63) is 131 Å². The van der Waals surface area contributed by atoms with Gasteiger partial charge in [0.25, 0.3) is 0 Å². The average molecular weight is 649 g/mol. The van der Waals surface area contributed by atoms with Crippen LogP contribution in [0, 0.1) is 0 Å². The summed E-state index contributed by atoms with van der Waals surface area (Å²) in [6.45, 7) is 0.599. The predicted octanol–water partition coefficient (Wildman–Crippen LogP) is 6.99. The first kappa shape index (κ1) is 33.4. The van der Waals surface area contributed by atoms with Gasteiger partial charge in [-0.05, 0) is 53.1 Å². The van der Waals surface area contributed by atoms with E-state index in [9.17, 15) is 4.79 Å². The molecule has 0 bridgehead atoms. The Bertz CT molecular complexity index is 1470. The van der Waals surface area contributed by atoms with E-state index in [2.05, 4.69) is 0 Å². The van der Waals surface area contributed by atoms with E-state index in [4.69, 9.17) is 49.5 Å². The lowest BCUT2D eigenvalue weighted by molar-refractivity contribution is -0.321. The molecule has 10 heteroatoms.